The SMILES string of the molecule is O=C(O)c1cc(OC(F)F)cc(C(F)F)c1. The van der Waals surface area contributed by atoms with E-state index in [9.17, 15) is 22.4 Å². The van der Waals surface area contributed by atoms with Crippen LogP contribution in [0.3, 0.4) is 0 Å². The lowest BCUT2D eigenvalue weighted by molar-refractivity contribution is -0.0501. The van der Waals surface area contributed by atoms with Gasteiger partial charge in [0.1, 0.15) is 5.75 Å². The van der Waals surface area contributed by atoms with E-state index in [1.54, 1.807) is 0 Å². The lowest BCUT2D eigenvalue weighted by Gasteiger charge is -2.08. The van der Waals surface area contributed by atoms with Gasteiger partial charge in [-0.05, 0) is 18.2 Å². The van der Waals surface area contributed by atoms with Gasteiger partial charge in [0.2, 0.25) is 0 Å². The molecule has 0 heterocycles. The van der Waals surface area contributed by atoms with Gasteiger partial charge in [-0.3, -0.25) is 0 Å². The zero-order valence-corrected chi connectivity index (χ0v) is 7.66. The second kappa shape index (κ2) is 4.82. The zero-order chi connectivity index (χ0) is 12.3. The molecular weight excluding hydrogens is 232 g/mol. The maximum absolute atomic E-state index is 12.3. The molecule has 88 valence electrons. The molecule has 0 unspecified atom stereocenters. The van der Waals surface area contributed by atoms with Crippen molar-refractivity contribution < 1.29 is 32.2 Å². The van der Waals surface area contributed by atoms with E-state index in [0.717, 1.165) is 6.07 Å². The minimum absolute atomic E-state index is 0.534. The van der Waals surface area contributed by atoms with Crippen LogP contribution >= 0.6 is 0 Å². The van der Waals surface area contributed by atoms with E-state index in [0.29, 0.717) is 12.1 Å². The van der Waals surface area contributed by atoms with Gasteiger partial charge in [-0.2, -0.15) is 8.78 Å². The molecule has 0 saturated carbocycles. The Morgan fingerprint density at radius 2 is 1.81 bits per heavy atom. The number of ether oxygens (including phenoxy) is 1. The summed E-state index contributed by atoms with van der Waals surface area (Å²) in [6.45, 7) is -3.20. The summed E-state index contributed by atoms with van der Waals surface area (Å²) in [5.74, 6) is -2.10. The molecule has 0 aliphatic carbocycles. The summed E-state index contributed by atoms with van der Waals surface area (Å²) in [5.41, 5.74) is -1.22. The lowest BCUT2D eigenvalue weighted by atomic mass is 10.1. The highest BCUT2D eigenvalue weighted by atomic mass is 19.3. The Balaban J connectivity index is 3.13. The number of benzene rings is 1. The molecule has 16 heavy (non-hydrogen) atoms. The standard InChI is InChI=1S/C9H6F4O3/c10-7(11)4-1-5(8(14)15)3-6(2-4)16-9(12)13/h1-3,7,9H,(H,14,15). The molecule has 0 aliphatic rings. The van der Waals surface area contributed by atoms with Crippen molar-refractivity contribution in [1.82, 2.24) is 0 Å². The van der Waals surface area contributed by atoms with Gasteiger partial charge in [-0.25, -0.2) is 13.6 Å². The highest BCUT2D eigenvalue weighted by Gasteiger charge is 2.15. The zero-order valence-electron chi connectivity index (χ0n) is 7.66. The molecule has 0 aromatic heterocycles. The van der Waals surface area contributed by atoms with E-state index in [4.69, 9.17) is 5.11 Å². The average Bonchev–Trinajstić information content (AvgIpc) is 2.15. The summed E-state index contributed by atoms with van der Waals surface area (Å²) in [6, 6.07) is 2.12. The minimum Gasteiger partial charge on any atom is -0.478 e. The van der Waals surface area contributed by atoms with E-state index in [2.05, 4.69) is 4.74 Å². The molecular formula is C9H6F4O3. The normalized spacial score (nSPS) is 10.9. The van der Waals surface area contributed by atoms with Crippen molar-refractivity contribution in [2.45, 2.75) is 13.0 Å². The van der Waals surface area contributed by atoms with Gasteiger partial charge in [0, 0.05) is 5.56 Å². The van der Waals surface area contributed by atoms with E-state index >= 15 is 0 Å². The Morgan fingerprint density at radius 1 is 1.19 bits per heavy atom. The molecule has 3 nitrogen and oxygen atoms in total. The summed E-state index contributed by atoms with van der Waals surface area (Å²) in [4.78, 5) is 10.5. The number of halogens is 4. The summed E-state index contributed by atoms with van der Waals surface area (Å²) >= 11 is 0. The van der Waals surface area contributed by atoms with Gasteiger partial charge in [-0.1, -0.05) is 0 Å². The molecule has 0 radical (unpaired) electrons. The quantitative estimate of drug-likeness (QED) is 0.820. The van der Waals surface area contributed by atoms with E-state index in [-0.39, 0.29) is 0 Å². The summed E-state index contributed by atoms with van der Waals surface area (Å²) in [6.07, 6.45) is -2.96. The van der Waals surface area contributed by atoms with Gasteiger partial charge in [0.15, 0.2) is 0 Å². The molecule has 0 saturated heterocycles. The third-order valence-electron chi connectivity index (χ3n) is 1.65. The molecule has 1 rings (SSSR count). The largest absolute Gasteiger partial charge is 0.478 e. The molecule has 0 aliphatic heterocycles. The highest BCUT2D eigenvalue weighted by molar-refractivity contribution is 5.88. The topological polar surface area (TPSA) is 46.5 Å². The number of aromatic carboxylic acids is 1. The van der Waals surface area contributed by atoms with Crippen LogP contribution in [0.4, 0.5) is 17.6 Å². The van der Waals surface area contributed by atoms with Gasteiger partial charge >= 0.3 is 12.6 Å². The van der Waals surface area contributed by atoms with E-state index in [1.165, 1.54) is 0 Å². The number of hydrogen-bond donors (Lipinski definition) is 1. The molecule has 0 fully saturated rings. The van der Waals surface area contributed by atoms with Crippen LogP contribution in [-0.4, -0.2) is 17.7 Å². The monoisotopic (exact) mass is 238 g/mol. The van der Waals surface area contributed by atoms with Crippen LogP contribution in [0.25, 0.3) is 0 Å². The Labute approximate surface area is 87.3 Å². The minimum atomic E-state index is -3.20. The number of carbonyl (C=O) groups is 1. The molecule has 1 aromatic carbocycles. The summed E-state index contributed by atoms with van der Waals surface area (Å²) in [5, 5.41) is 8.56. The smallest absolute Gasteiger partial charge is 0.387 e. The fraction of sp³-hybridized carbons (Fsp3) is 0.222. The maximum Gasteiger partial charge on any atom is 0.387 e. The molecule has 0 amide bonds. The van der Waals surface area contributed by atoms with Gasteiger partial charge in [0.25, 0.3) is 6.43 Å². The van der Waals surface area contributed by atoms with Crippen LogP contribution in [0.5, 0.6) is 5.75 Å². The third-order valence-corrected chi connectivity index (χ3v) is 1.65. The van der Waals surface area contributed by atoms with E-state index in [1.807, 2.05) is 0 Å². The Kier molecular flexibility index (Phi) is 3.70. The van der Waals surface area contributed by atoms with Crippen molar-refractivity contribution in [1.29, 1.82) is 0 Å². The van der Waals surface area contributed by atoms with E-state index < -0.39 is 35.9 Å². The predicted octanol–water partition coefficient (Wildman–Crippen LogP) is 2.92. The first-order valence-electron chi connectivity index (χ1n) is 4.01. The average molecular weight is 238 g/mol. The molecule has 0 bridgehead atoms. The van der Waals surface area contributed by atoms with Crippen molar-refractivity contribution in [2.75, 3.05) is 0 Å². The van der Waals surface area contributed by atoms with Gasteiger partial charge in [-0.15, -0.1) is 0 Å². The summed E-state index contributed by atoms with van der Waals surface area (Å²) in [7, 11) is 0. The second-order valence-corrected chi connectivity index (χ2v) is 2.78. The summed E-state index contributed by atoms with van der Waals surface area (Å²) < 4.78 is 52.1. The Morgan fingerprint density at radius 3 is 2.25 bits per heavy atom. The maximum atomic E-state index is 12.3. The van der Waals surface area contributed by atoms with Gasteiger partial charge < -0.3 is 9.84 Å². The van der Waals surface area contributed by atoms with Crippen LogP contribution in [-0.2, 0) is 0 Å². The lowest BCUT2D eigenvalue weighted by Crippen LogP contribution is -2.05. The number of carboxylic acid groups (broad SMARTS) is 1. The van der Waals surface area contributed by atoms with Crippen molar-refractivity contribution >= 4 is 5.97 Å². The first-order valence-corrected chi connectivity index (χ1v) is 4.01. The Hall–Kier alpha value is -1.79. The van der Waals surface area contributed by atoms with Crippen LogP contribution in [0, 0.1) is 0 Å². The van der Waals surface area contributed by atoms with Crippen molar-refractivity contribution in [3.05, 3.63) is 29.3 Å². The van der Waals surface area contributed by atoms with Crippen LogP contribution < -0.4 is 4.74 Å². The predicted molar refractivity (Wildman–Crippen MR) is 45.0 cm³/mol. The van der Waals surface area contributed by atoms with Crippen molar-refractivity contribution in [3.8, 4) is 5.75 Å². The number of alkyl halides is 4. The second-order valence-electron chi connectivity index (χ2n) is 2.78. The highest BCUT2D eigenvalue weighted by Crippen LogP contribution is 2.26. The fourth-order valence-electron chi connectivity index (χ4n) is 1.04. The van der Waals surface area contributed by atoms with Crippen molar-refractivity contribution in [2.24, 2.45) is 0 Å². The van der Waals surface area contributed by atoms with Crippen LogP contribution in [0.2, 0.25) is 0 Å². The van der Waals surface area contributed by atoms with Crippen LogP contribution in [0.15, 0.2) is 18.2 Å². The number of rotatable bonds is 4. The molecule has 1 aromatic rings. The van der Waals surface area contributed by atoms with Gasteiger partial charge in [0.05, 0.1) is 5.56 Å². The molecule has 7 heteroatoms. The first-order chi connectivity index (χ1) is 7.40. The third kappa shape index (κ3) is 3.11. The fourth-order valence-corrected chi connectivity index (χ4v) is 1.04. The Bertz CT molecular complexity index is 392. The molecule has 0 atom stereocenters. The van der Waals surface area contributed by atoms with Crippen molar-refractivity contribution in [3.63, 3.8) is 0 Å². The first kappa shape index (κ1) is 12.3. The number of hydrogen-bond acceptors (Lipinski definition) is 2. The molecule has 0 spiro atoms. The van der Waals surface area contributed by atoms with Crippen LogP contribution in [0.1, 0.15) is 22.3 Å². The number of carboxylic acids is 1. The molecule has 1 N–H and O–H groups in total.